The maximum absolute atomic E-state index is 5.63. The van der Waals surface area contributed by atoms with Gasteiger partial charge >= 0.3 is 0 Å². The molecule has 0 aliphatic heterocycles. The Morgan fingerprint density at radius 1 is 0.750 bits per heavy atom. The third kappa shape index (κ3) is 3.96. The second-order valence-corrected chi connectivity index (χ2v) is 8.85. The summed E-state index contributed by atoms with van der Waals surface area (Å²) in [6.45, 7) is 0. The van der Waals surface area contributed by atoms with E-state index in [9.17, 15) is 0 Å². The molecule has 5 rings (SSSR count). The summed E-state index contributed by atoms with van der Waals surface area (Å²) in [4.78, 5) is 0. The summed E-state index contributed by atoms with van der Waals surface area (Å²) in [5.41, 5.74) is 6.22. The van der Waals surface area contributed by atoms with Gasteiger partial charge in [-0.15, -0.1) is 0 Å². The van der Waals surface area contributed by atoms with Crippen LogP contribution in [-0.2, 0) is 6.42 Å². The minimum atomic E-state index is 0.0903. The molecule has 0 aliphatic rings. The molecule has 0 unspecified atom stereocenters. The fraction of sp³-hybridized carbons (Fsp3) is 0.103. The lowest BCUT2D eigenvalue weighted by atomic mass is 9.98. The molecule has 0 bridgehead atoms. The number of rotatable bonds is 6. The quantitative estimate of drug-likeness (QED) is 0.243. The molecule has 0 aliphatic carbocycles. The maximum atomic E-state index is 5.63. The minimum Gasteiger partial charge on any atom is -0.496 e. The van der Waals surface area contributed by atoms with Crippen LogP contribution >= 0.6 is 15.9 Å². The van der Waals surface area contributed by atoms with Gasteiger partial charge in [-0.1, -0.05) is 94.8 Å². The van der Waals surface area contributed by atoms with Gasteiger partial charge in [0.15, 0.2) is 0 Å². The third-order valence-electron chi connectivity index (χ3n) is 5.96. The van der Waals surface area contributed by atoms with Crippen LogP contribution in [0.3, 0.4) is 0 Å². The monoisotopic (exact) mass is 481 g/mol. The molecular formula is C29H24BrNO. The van der Waals surface area contributed by atoms with Crippen LogP contribution in [0.4, 0.5) is 0 Å². The number of hydrogen-bond acceptors (Lipinski definition) is 1. The second-order valence-electron chi connectivity index (χ2n) is 7.94. The summed E-state index contributed by atoms with van der Waals surface area (Å²) >= 11 is 3.68. The van der Waals surface area contributed by atoms with Crippen molar-refractivity contribution in [3.05, 3.63) is 136 Å². The summed E-state index contributed by atoms with van der Waals surface area (Å²) in [5.74, 6) is 0.922. The number of ether oxygens (including phenoxy) is 1. The van der Waals surface area contributed by atoms with E-state index in [0.717, 1.165) is 16.6 Å². The molecule has 0 radical (unpaired) electrons. The molecule has 32 heavy (non-hydrogen) atoms. The molecule has 4 aromatic carbocycles. The highest BCUT2D eigenvalue weighted by Gasteiger charge is 2.20. The zero-order chi connectivity index (χ0) is 21.9. The first-order valence-electron chi connectivity index (χ1n) is 10.8. The molecule has 0 atom stereocenters. The lowest BCUT2D eigenvalue weighted by Gasteiger charge is -2.21. The van der Waals surface area contributed by atoms with Crippen molar-refractivity contribution in [2.24, 2.45) is 0 Å². The van der Waals surface area contributed by atoms with Crippen molar-refractivity contribution in [3.8, 4) is 5.75 Å². The van der Waals surface area contributed by atoms with Gasteiger partial charge in [-0.25, -0.2) is 0 Å². The zero-order valence-electron chi connectivity index (χ0n) is 17.9. The Morgan fingerprint density at radius 2 is 1.38 bits per heavy atom. The van der Waals surface area contributed by atoms with E-state index in [2.05, 4.69) is 118 Å². The first-order chi connectivity index (χ1) is 15.7. The van der Waals surface area contributed by atoms with Gasteiger partial charge in [0.25, 0.3) is 0 Å². The molecule has 0 amide bonds. The summed E-state index contributed by atoms with van der Waals surface area (Å²) in [6.07, 6.45) is 3.12. The van der Waals surface area contributed by atoms with E-state index in [4.69, 9.17) is 4.74 Å². The van der Waals surface area contributed by atoms with Gasteiger partial charge in [-0.2, -0.15) is 0 Å². The Balaban J connectivity index is 1.71. The molecule has 3 heteroatoms. The molecule has 0 spiro atoms. The van der Waals surface area contributed by atoms with Crippen LogP contribution in [0.25, 0.3) is 10.9 Å². The van der Waals surface area contributed by atoms with Gasteiger partial charge in [0, 0.05) is 28.0 Å². The van der Waals surface area contributed by atoms with Crippen LogP contribution in [0, 0.1) is 0 Å². The molecule has 5 aromatic rings. The first kappa shape index (κ1) is 20.6. The van der Waals surface area contributed by atoms with Crippen molar-refractivity contribution in [1.29, 1.82) is 0 Å². The van der Waals surface area contributed by atoms with Gasteiger partial charge in [0.1, 0.15) is 5.75 Å². The van der Waals surface area contributed by atoms with Gasteiger partial charge in [0.2, 0.25) is 0 Å². The topological polar surface area (TPSA) is 14.2 Å². The number of halogens is 1. The molecule has 158 valence electrons. The molecule has 1 heterocycles. The molecule has 0 fully saturated rings. The van der Waals surface area contributed by atoms with Crippen molar-refractivity contribution < 1.29 is 4.74 Å². The number of fused-ring (bicyclic) bond motifs is 1. The summed E-state index contributed by atoms with van der Waals surface area (Å²) < 4.78 is 9.13. The normalized spacial score (nSPS) is 11.2. The van der Waals surface area contributed by atoms with Crippen molar-refractivity contribution >= 4 is 26.8 Å². The van der Waals surface area contributed by atoms with Gasteiger partial charge in [-0.3, -0.25) is 0 Å². The van der Waals surface area contributed by atoms with Crippen LogP contribution in [-0.4, -0.2) is 11.7 Å². The summed E-state index contributed by atoms with van der Waals surface area (Å²) in [5, 5.41) is 1.25. The number of hydrogen-bond donors (Lipinski definition) is 0. The second kappa shape index (κ2) is 9.05. The minimum absolute atomic E-state index is 0.0903. The Kier molecular flexibility index (Phi) is 5.83. The van der Waals surface area contributed by atoms with E-state index in [1.54, 1.807) is 7.11 Å². The third-order valence-corrected chi connectivity index (χ3v) is 6.45. The van der Waals surface area contributed by atoms with Gasteiger partial charge in [0.05, 0.1) is 13.2 Å². The molecular weight excluding hydrogens is 458 g/mol. The lowest BCUT2D eigenvalue weighted by Crippen LogP contribution is -2.11. The lowest BCUT2D eigenvalue weighted by molar-refractivity contribution is 0.410. The Labute approximate surface area is 197 Å². The van der Waals surface area contributed by atoms with Crippen molar-refractivity contribution in [2.45, 2.75) is 12.5 Å². The maximum Gasteiger partial charge on any atom is 0.122 e. The van der Waals surface area contributed by atoms with Crippen LogP contribution in [0.2, 0.25) is 0 Å². The summed E-state index contributed by atoms with van der Waals surface area (Å²) in [6, 6.07) is 36.4. The average molecular weight is 482 g/mol. The highest BCUT2D eigenvalue weighted by molar-refractivity contribution is 9.10. The molecule has 0 N–H and O–H groups in total. The number of methoxy groups -OCH3 is 1. The molecule has 1 aromatic heterocycles. The molecule has 2 nitrogen and oxygen atoms in total. The zero-order valence-corrected chi connectivity index (χ0v) is 19.5. The van der Waals surface area contributed by atoms with E-state index in [1.165, 1.54) is 33.2 Å². The molecule has 0 saturated carbocycles. The molecule has 0 saturated heterocycles. The van der Waals surface area contributed by atoms with Crippen LogP contribution in [0.1, 0.15) is 28.3 Å². The first-order valence-corrected chi connectivity index (χ1v) is 11.5. The van der Waals surface area contributed by atoms with Crippen LogP contribution in [0.5, 0.6) is 5.75 Å². The fourth-order valence-electron chi connectivity index (χ4n) is 4.49. The van der Waals surface area contributed by atoms with Crippen LogP contribution < -0.4 is 4.74 Å². The largest absolute Gasteiger partial charge is 0.496 e. The average Bonchev–Trinajstić information content (AvgIpc) is 3.18. The van der Waals surface area contributed by atoms with Crippen molar-refractivity contribution in [1.82, 2.24) is 4.57 Å². The summed E-state index contributed by atoms with van der Waals surface area (Å²) in [7, 11) is 1.74. The number of benzene rings is 4. The van der Waals surface area contributed by atoms with Crippen molar-refractivity contribution in [2.75, 3.05) is 7.11 Å². The van der Waals surface area contributed by atoms with E-state index < -0.39 is 0 Å². The van der Waals surface area contributed by atoms with E-state index >= 15 is 0 Å². The Morgan fingerprint density at radius 3 is 2.03 bits per heavy atom. The number of nitrogens with zero attached hydrogens (tertiary/aromatic N) is 1. The standard InChI is InChI=1S/C29H24BrNO/c1-32-28-15-9-8-14-23(28)18-24-20-31(27-17-16-25(30)19-26(24)27)29(21-10-4-2-5-11-21)22-12-6-3-7-13-22/h2-17,19-20,29H,18H2,1H3. The van der Waals surface area contributed by atoms with Crippen molar-refractivity contribution in [3.63, 3.8) is 0 Å². The Bertz CT molecular complexity index is 1300. The Hall–Kier alpha value is -3.30. The highest BCUT2D eigenvalue weighted by atomic mass is 79.9. The van der Waals surface area contributed by atoms with E-state index in [1.807, 2.05) is 12.1 Å². The van der Waals surface area contributed by atoms with E-state index in [-0.39, 0.29) is 6.04 Å². The number of para-hydroxylation sites is 1. The van der Waals surface area contributed by atoms with Crippen LogP contribution in [0.15, 0.2) is 114 Å². The van der Waals surface area contributed by atoms with Gasteiger partial charge in [-0.05, 0) is 46.5 Å². The fourth-order valence-corrected chi connectivity index (χ4v) is 4.85. The SMILES string of the molecule is COc1ccccc1Cc1cn(C(c2ccccc2)c2ccccc2)c2ccc(Br)cc12. The van der Waals surface area contributed by atoms with E-state index in [0.29, 0.717) is 0 Å². The predicted octanol–water partition coefficient (Wildman–Crippen LogP) is 7.64. The predicted molar refractivity (Wildman–Crippen MR) is 136 cm³/mol. The van der Waals surface area contributed by atoms with Gasteiger partial charge < -0.3 is 9.30 Å². The smallest absolute Gasteiger partial charge is 0.122 e. The highest BCUT2D eigenvalue weighted by Crippen LogP contribution is 2.35. The number of aromatic nitrogens is 1.